The summed E-state index contributed by atoms with van der Waals surface area (Å²) >= 11 is 0. The number of fused-ring (bicyclic) bond motifs is 4. The number of benzene rings is 10. The van der Waals surface area contributed by atoms with Crippen LogP contribution in [0, 0.1) is 0 Å². The number of nitrogens with zero attached hydrogens (tertiary/aromatic N) is 1. The van der Waals surface area contributed by atoms with Crippen LogP contribution in [0.25, 0.3) is 88.3 Å². The minimum Gasteiger partial charge on any atom is -0.455 e. The zero-order chi connectivity index (χ0) is 39.8. The van der Waals surface area contributed by atoms with Crippen LogP contribution >= 0.6 is 0 Å². The van der Waals surface area contributed by atoms with Gasteiger partial charge in [0, 0.05) is 22.2 Å². The molecule has 0 saturated heterocycles. The van der Waals surface area contributed by atoms with Crippen LogP contribution in [-0.4, -0.2) is 0 Å². The number of rotatable bonds is 8. The maximum atomic E-state index is 6.93. The van der Waals surface area contributed by atoms with Gasteiger partial charge < -0.3 is 9.32 Å². The van der Waals surface area contributed by atoms with Gasteiger partial charge in [0.25, 0.3) is 0 Å². The summed E-state index contributed by atoms with van der Waals surface area (Å²) in [5.74, 6) is 0. The largest absolute Gasteiger partial charge is 0.455 e. The number of hydrogen-bond donors (Lipinski definition) is 0. The van der Waals surface area contributed by atoms with E-state index in [1.807, 2.05) is 0 Å². The number of furan rings is 1. The molecule has 2 nitrogen and oxygen atoms in total. The Labute approximate surface area is 349 Å². The van der Waals surface area contributed by atoms with E-state index >= 15 is 0 Å². The molecule has 0 fully saturated rings. The lowest BCUT2D eigenvalue weighted by Gasteiger charge is -2.30. The monoisotopic (exact) mass is 765 g/mol. The van der Waals surface area contributed by atoms with Crippen LogP contribution in [0.5, 0.6) is 0 Å². The number of anilines is 3. The molecule has 0 spiro atoms. The summed E-state index contributed by atoms with van der Waals surface area (Å²) in [6.45, 7) is 0. The van der Waals surface area contributed by atoms with Crippen molar-refractivity contribution in [3.8, 4) is 55.6 Å². The molecule has 0 saturated carbocycles. The third-order valence-corrected chi connectivity index (χ3v) is 11.6. The van der Waals surface area contributed by atoms with Crippen LogP contribution in [0.15, 0.2) is 241 Å². The Bertz CT molecular complexity index is 3310. The summed E-state index contributed by atoms with van der Waals surface area (Å²) < 4.78 is 6.93. The average Bonchev–Trinajstić information content (AvgIpc) is 3.73. The van der Waals surface area contributed by atoms with Gasteiger partial charge in [-0.15, -0.1) is 0 Å². The Balaban J connectivity index is 1.18. The summed E-state index contributed by atoms with van der Waals surface area (Å²) in [6.07, 6.45) is 0. The second-order valence-corrected chi connectivity index (χ2v) is 15.3. The van der Waals surface area contributed by atoms with E-state index in [1.165, 1.54) is 27.5 Å². The van der Waals surface area contributed by atoms with E-state index in [4.69, 9.17) is 4.42 Å². The molecule has 0 aliphatic carbocycles. The van der Waals surface area contributed by atoms with Crippen LogP contribution in [0.3, 0.4) is 0 Å². The van der Waals surface area contributed by atoms with Gasteiger partial charge in [-0.2, -0.15) is 0 Å². The maximum Gasteiger partial charge on any atom is 0.145 e. The third-order valence-electron chi connectivity index (χ3n) is 11.6. The fourth-order valence-electron chi connectivity index (χ4n) is 8.71. The van der Waals surface area contributed by atoms with Gasteiger partial charge in [-0.05, 0) is 110 Å². The highest BCUT2D eigenvalue weighted by Gasteiger charge is 2.25. The quantitative estimate of drug-likeness (QED) is 0.153. The zero-order valence-electron chi connectivity index (χ0n) is 32.9. The van der Waals surface area contributed by atoms with Gasteiger partial charge in [0.1, 0.15) is 11.2 Å². The SMILES string of the molecule is c1ccc(-c2cccc(-c3cccc(N(c4ccc(-c5ccccc5)cc4-c4ccccc4)c4ccc(-c5ccc6ccccc6c5)c5oc6ccccc6c45)c3)c2)cc1. The number of hydrogen-bond acceptors (Lipinski definition) is 2. The molecule has 0 aliphatic rings. The molecular weight excluding hydrogens is 727 g/mol. The Morgan fingerprint density at radius 1 is 0.300 bits per heavy atom. The molecule has 1 heterocycles. The van der Waals surface area contributed by atoms with Crippen molar-refractivity contribution in [1.82, 2.24) is 0 Å². The highest BCUT2D eigenvalue weighted by atomic mass is 16.3. The predicted octanol–water partition coefficient (Wildman–Crippen LogP) is 16.5. The Morgan fingerprint density at radius 2 is 0.850 bits per heavy atom. The average molecular weight is 766 g/mol. The lowest BCUT2D eigenvalue weighted by atomic mass is 9.94. The van der Waals surface area contributed by atoms with Gasteiger partial charge in [-0.25, -0.2) is 0 Å². The summed E-state index contributed by atoms with van der Waals surface area (Å²) in [4.78, 5) is 2.44. The molecule has 1 aromatic heterocycles. The molecule has 0 bridgehead atoms. The van der Waals surface area contributed by atoms with Gasteiger partial charge in [0.15, 0.2) is 0 Å². The molecule has 0 N–H and O–H groups in total. The fourth-order valence-corrected chi connectivity index (χ4v) is 8.71. The molecule has 60 heavy (non-hydrogen) atoms. The lowest BCUT2D eigenvalue weighted by Crippen LogP contribution is -2.12. The molecule has 10 aromatic carbocycles. The molecule has 0 unspecified atom stereocenters. The maximum absolute atomic E-state index is 6.93. The van der Waals surface area contributed by atoms with Crippen molar-refractivity contribution >= 4 is 49.8 Å². The first kappa shape index (κ1) is 35.2. The molecule has 0 aliphatic heterocycles. The first-order valence-corrected chi connectivity index (χ1v) is 20.5. The standard InChI is InChI=1S/C58H39NO/c1-4-16-40(17-5-1)45-24-14-25-46(36-45)47-26-15-27-50(38-47)59(54-34-32-48(41-18-6-2-7-19-41)39-53(54)43-21-8-3-9-22-43)55-35-33-51(49-31-30-42-20-10-11-23-44(42)37-49)58-57(55)52-28-12-13-29-56(52)60-58/h1-39H. The molecule has 11 aromatic rings. The van der Waals surface area contributed by atoms with E-state index in [1.54, 1.807) is 0 Å². The summed E-state index contributed by atoms with van der Waals surface area (Å²) in [7, 11) is 0. The Morgan fingerprint density at radius 3 is 1.60 bits per heavy atom. The van der Waals surface area contributed by atoms with Crippen molar-refractivity contribution < 1.29 is 4.42 Å². The summed E-state index contributed by atoms with van der Waals surface area (Å²) in [5, 5.41) is 4.55. The van der Waals surface area contributed by atoms with E-state index < -0.39 is 0 Å². The first-order chi connectivity index (χ1) is 29.7. The fraction of sp³-hybridized carbons (Fsp3) is 0. The Kier molecular flexibility index (Phi) is 8.87. The minimum absolute atomic E-state index is 0.858. The topological polar surface area (TPSA) is 16.4 Å². The van der Waals surface area contributed by atoms with E-state index in [2.05, 4.69) is 241 Å². The zero-order valence-corrected chi connectivity index (χ0v) is 32.9. The van der Waals surface area contributed by atoms with Crippen molar-refractivity contribution in [2.75, 3.05) is 4.90 Å². The second kappa shape index (κ2) is 15.1. The normalized spacial score (nSPS) is 11.3. The van der Waals surface area contributed by atoms with Crippen LogP contribution in [0.1, 0.15) is 0 Å². The molecule has 0 amide bonds. The van der Waals surface area contributed by atoms with Gasteiger partial charge in [-0.1, -0.05) is 182 Å². The third kappa shape index (κ3) is 6.41. The van der Waals surface area contributed by atoms with Crippen LogP contribution in [0.2, 0.25) is 0 Å². The van der Waals surface area contributed by atoms with E-state index in [9.17, 15) is 0 Å². The van der Waals surface area contributed by atoms with Gasteiger partial charge in [0.05, 0.1) is 16.8 Å². The second-order valence-electron chi connectivity index (χ2n) is 15.3. The van der Waals surface area contributed by atoms with Crippen molar-refractivity contribution in [3.63, 3.8) is 0 Å². The summed E-state index contributed by atoms with van der Waals surface area (Å²) in [5.41, 5.74) is 16.4. The molecule has 0 radical (unpaired) electrons. The first-order valence-electron chi connectivity index (χ1n) is 20.5. The highest BCUT2D eigenvalue weighted by molar-refractivity contribution is 6.17. The van der Waals surface area contributed by atoms with Crippen LogP contribution in [0.4, 0.5) is 17.1 Å². The Hall–Kier alpha value is -7.94. The van der Waals surface area contributed by atoms with E-state index in [0.717, 1.165) is 77.9 Å². The van der Waals surface area contributed by atoms with Crippen molar-refractivity contribution in [3.05, 3.63) is 237 Å². The minimum atomic E-state index is 0.858. The van der Waals surface area contributed by atoms with Crippen molar-refractivity contribution in [2.24, 2.45) is 0 Å². The molecular formula is C58H39NO. The van der Waals surface area contributed by atoms with Gasteiger partial charge >= 0.3 is 0 Å². The predicted molar refractivity (Wildman–Crippen MR) is 253 cm³/mol. The number of para-hydroxylation sites is 1. The molecule has 11 rings (SSSR count). The summed E-state index contributed by atoms with van der Waals surface area (Å²) in [6, 6.07) is 84.9. The smallest absolute Gasteiger partial charge is 0.145 e. The highest BCUT2D eigenvalue weighted by Crippen LogP contribution is 2.49. The molecule has 2 heteroatoms. The van der Waals surface area contributed by atoms with Crippen LogP contribution in [-0.2, 0) is 0 Å². The lowest BCUT2D eigenvalue weighted by molar-refractivity contribution is 0.670. The van der Waals surface area contributed by atoms with E-state index in [0.29, 0.717) is 0 Å². The molecule has 0 atom stereocenters. The van der Waals surface area contributed by atoms with Gasteiger partial charge in [0.2, 0.25) is 0 Å². The van der Waals surface area contributed by atoms with E-state index in [-0.39, 0.29) is 0 Å². The van der Waals surface area contributed by atoms with Gasteiger partial charge in [-0.3, -0.25) is 0 Å². The van der Waals surface area contributed by atoms with Crippen molar-refractivity contribution in [2.45, 2.75) is 0 Å². The van der Waals surface area contributed by atoms with Crippen LogP contribution < -0.4 is 4.90 Å². The molecule has 282 valence electrons. The van der Waals surface area contributed by atoms with Crippen molar-refractivity contribution in [1.29, 1.82) is 0 Å².